The lowest BCUT2D eigenvalue weighted by molar-refractivity contribution is 0.0696. The molecule has 82 valence electrons. The van der Waals surface area contributed by atoms with E-state index < -0.39 is 11.8 Å². The van der Waals surface area contributed by atoms with Gasteiger partial charge in [0, 0.05) is 5.75 Å². The Balaban J connectivity index is 2.84. The third kappa shape index (κ3) is 3.91. The van der Waals surface area contributed by atoms with E-state index in [4.69, 9.17) is 5.11 Å². The predicted octanol–water partition coefficient (Wildman–Crippen LogP) is 3.17. The van der Waals surface area contributed by atoms with Crippen molar-refractivity contribution in [3.05, 3.63) is 35.1 Å². The number of aromatic carboxylic acids is 1. The number of hydrogen-bond donors (Lipinski definition) is 1. The molecule has 0 radical (unpaired) electrons. The highest BCUT2D eigenvalue weighted by molar-refractivity contribution is 7.99. The second-order valence-corrected chi connectivity index (χ2v) is 5.08. The molecule has 0 atom stereocenters. The molecule has 1 N–H and O–H groups in total. The van der Waals surface area contributed by atoms with E-state index in [9.17, 15) is 9.18 Å². The van der Waals surface area contributed by atoms with Gasteiger partial charge in [-0.15, -0.1) is 0 Å². The van der Waals surface area contributed by atoms with Crippen LogP contribution in [0.5, 0.6) is 0 Å². The standard InChI is InChI=1S/C11H13FO2S/c1-7(2)15-6-8-3-9(11(13)14)5-10(12)4-8/h3-5,7H,6H2,1-2H3,(H,13,14). The van der Waals surface area contributed by atoms with E-state index in [1.807, 2.05) is 13.8 Å². The maximum Gasteiger partial charge on any atom is 0.335 e. The molecule has 4 heteroatoms. The van der Waals surface area contributed by atoms with Crippen molar-refractivity contribution in [1.29, 1.82) is 0 Å². The molecule has 15 heavy (non-hydrogen) atoms. The molecule has 1 aromatic rings. The molecular formula is C11H13FO2S. The van der Waals surface area contributed by atoms with Crippen molar-refractivity contribution in [2.45, 2.75) is 24.9 Å². The molecule has 0 aliphatic carbocycles. The first-order chi connectivity index (χ1) is 6.99. The first-order valence-electron chi connectivity index (χ1n) is 4.63. The molecule has 0 bridgehead atoms. The van der Waals surface area contributed by atoms with Crippen LogP contribution in [0.4, 0.5) is 4.39 Å². The zero-order chi connectivity index (χ0) is 11.4. The molecule has 0 heterocycles. The summed E-state index contributed by atoms with van der Waals surface area (Å²) in [6.45, 7) is 4.09. The third-order valence-corrected chi connectivity index (χ3v) is 2.95. The molecule has 0 spiro atoms. The Morgan fingerprint density at radius 3 is 2.67 bits per heavy atom. The van der Waals surface area contributed by atoms with E-state index >= 15 is 0 Å². The molecule has 0 unspecified atom stereocenters. The largest absolute Gasteiger partial charge is 0.478 e. The van der Waals surface area contributed by atoms with Crippen molar-refractivity contribution in [2.75, 3.05) is 0 Å². The number of rotatable bonds is 4. The predicted molar refractivity (Wildman–Crippen MR) is 59.8 cm³/mol. The summed E-state index contributed by atoms with van der Waals surface area (Å²) in [7, 11) is 0. The molecule has 0 aromatic heterocycles. The summed E-state index contributed by atoms with van der Waals surface area (Å²) in [4.78, 5) is 10.7. The van der Waals surface area contributed by atoms with Crippen LogP contribution in [0.15, 0.2) is 18.2 Å². The molecule has 0 saturated carbocycles. The molecule has 1 rings (SSSR count). The van der Waals surface area contributed by atoms with Gasteiger partial charge >= 0.3 is 5.97 Å². The number of carboxylic acid groups (broad SMARTS) is 1. The number of benzene rings is 1. The van der Waals surface area contributed by atoms with Crippen LogP contribution in [0.25, 0.3) is 0 Å². The van der Waals surface area contributed by atoms with Crippen molar-refractivity contribution in [3.63, 3.8) is 0 Å². The number of hydrogen-bond acceptors (Lipinski definition) is 2. The van der Waals surface area contributed by atoms with E-state index in [1.54, 1.807) is 11.8 Å². The van der Waals surface area contributed by atoms with Crippen molar-refractivity contribution in [3.8, 4) is 0 Å². The van der Waals surface area contributed by atoms with E-state index in [2.05, 4.69) is 0 Å². The van der Waals surface area contributed by atoms with Gasteiger partial charge in [-0.3, -0.25) is 0 Å². The molecular weight excluding hydrogens is 215 g/mol. The zero-order valence-corrected chi connectivity index (χ0v) is 9.47. The Bertz CT molecular complexity index is 364. The van der Waals surface area contributed by atoms with E-state index in [0.717, 1.165) is 6.07 Å². The zero-order valence-electron chi connectivity index (χ0n) is 8.66. The van der Waals surface area contributed by atoms with Gasteiger partial charge < -0.3 is 5.11 Å². The topological polar surface area (TPSA) is 37.3 Å². The molecule has 1 aromatic carbocycles. The fourth-order valence-electron chi connectivity index (χ4n) is 1.12. The lowest BCUT2D eigenvalue weighted by Crippen LogP contribution is -1.99. The van der Waals surface area contributed by atoms with Gasteiger partial charge in [0.15, 0.2) is 0 Å². The highest BCUT2D eigenvalue weighted by Crippen LogP contribution is 2.19. The van der Waals surface area contributed by atoms with Crippen LogP contribution in [0.2, 0.25) is 0 Å². The van der Waals surface area contributed by atoms with E-state index in [-0.39, 0.29) is 5.56 Å². The van der Waals surface area contributed by atoms with Crippen molar-refractivity contribution >= 4 is 17.7 Å². The van der Waals surface area contributed by atoms with Gasteiger partial charge in [0.25, 0.3) is 0 Å². The van der Waals surface area contributed by atoms with Crippen LogP contribution in [0.3, 0.4) is 0 Å². The SMILES string of the molecule is CC(C)SCc1cc(F)cc(C(=O)O)c1. The lowest BCUT2D eigenvalue weighted by Gasteiger charge is -2.06. The minimum Gasteiger partial charge on any atom is -0.478 e. The van der Waals surface area contributed by atoms with Gasteiger partial charge in [0.05, 0.1) is 5.56 Å². The summed E-state index contributed by atoms with van der Waals surface area (Å²) in [6.07, 6.45) is 0. The van der Waals surface area contributed by atoms with Crippen molar-refractivity contribution in [2.24, 2.45) is 0 Å². The average molecular weight is 228 g/mol. The molecule has 0 fully saturated rings. The monoisotopic (exact) mass is 228 g/mol. The van der Waals surface area contributed by atoms with Gasteiger partial charge in [-0.2, -0.15) is 11.8 Å². The fourth-order valence-corrected chi connectivity index (χ4v) is 1.81. The second-order valence-electron chi connectivity index (χ2n) is 3.51. The normalized spacial score (nSPS) is 10.7. The smallest absolute Gasteiger partial charge is 0.335 e. The van der Waals surface area contributed by atoms with Crippen LogP contribution in [-0.2, 0) is 5.75 Å². The van der Waals surface area contributed by atoms with E-state index in [1.165, 1.54) is 12.1 Å². The maximum absolute atomic E-state index is 13.0. The number of thioether (sulfide) groups is 1. The van der Waals surface area contributed by atoms with Gasteiger partial charge in [-0.05, 0) is 29.0 Å². The van der Waals surface area contributed by atoms with Gasteiger partial charge in [-0.1, -0.05) is 13.8 Å². The van der Waals surface area contributed by atoms with Gasteiger partial charge in [-0.25, -0.2) is 9.18 Å². The van der Waals surface area contributed by atoms with Crippen molar-refractivity contribution in [1.82, 2.24) is 0 Å². The highest BCUT2D eigenvalue weighted by atomic mass is 32.2. The second kappa shape index (κ2) is 5.16. The van der Waals surface area contributed by atoms with Gasteiger partial charge in [0.1, 0.15) is 5.82 Å². The van der Waals surface area contributed by atoms with E-state index in [0.29, 0.717) is 16.6 Å². The van der Waals surface area contributed by atoms with Crippen LogP contribution < -0.4 is 0 Å². The quantitative estimate of drug-likeness (QED) is 0.860. The minimum absolute atomic E-state index is 0.00866. The number of carboxylic acids is 1. The lowest BCUT2D eigenvalue weighted by atomic mass is 10.1. The summed E-state index contributed by atoms with van der Waals surface area (Å²) < 4.78 is 13.0. The Labute approximate surface area is 92.5 Å². The summed E-state index contributed by atoms with van der Waals surface area (Å²) in [5.41, 5.74) is 0.723. The molecule has 0 amide bonds. The summed E-state index contributed by atoms with van der Waals surface area (Å²) >= 11 is 1.65. The van der Waals surface area contributed by atoms with Crippen molar-refractivity contribution < 1.29 is 14.3 Å². The average Bonchev–Trinajstić information content (AvgIpc) is 2.13. The first-order valence-corrected chi connectivity index (χ1v) is 5.68. The molecule has 0 aliphatic heterocycles. The Kier molecular flexibility index (Phi) is 4.15. The fraction of sp³-hybridized carbons (Fsp3) is 0.364. The van der Waals surface area contributed by atoms with Gasteiger partial charge in [0.2, 0.25) is 0 Å². The molecule has 0 aliphatic rings. The molecule has 0 saturated heterocycles. The Hall–Kier alpha value is -1.03. The third-order valence-electron chi connectivity index (χ3n) is 1.79. The first kappa shape index (κ1) is 12.0. The van der Waals surface area contributed by atoms with Crippen LogP contribution in [0, 0.1) is 5.82 Å². The van der Waals surface area contributed by atoms with Crippen LogP contribution in [-0.4, -0.2) is 16.3 Å². The highest BCUT2D eigenvalue weighted by Gasteiger charge is 2.07. The summed E-state index contributed by atoms with van der Waals surface area (Å²) in [5.74, 6) is -0.949. The summed E-state index contributed by atoms with van der Waals surface area (Å²) in [6, 6.07) is 3.93. The number of halogens is 1. The Morgan fingerprint density at radius 1 is 1.47 bits per heavy atom. The molecule has 2 nitrogen and oxygen atoms in total. The Morgan fingerprint density at radius 2 is 2.13 bits per heavy atom. The maximum atomic E-state index is 13.0. The minimum atomic E-state index is -1.09. The van der Waals surface area contributed by atoms with Crippen LogP contribution >= 0.6 is 11.8 Å². The number of carbonyl (C=O) groups is 1. The van der Waals surface area contributed by atoms with Crippen LogP contribution in [0.1, 0.15) is 29.8 Å². The summed E-state index contributed by atoms with van der Waals surface area (Å²) in [5, 5.41) is 9.18.